The van der Waals surface area contributed by atoms with E-state index in [1.807, 2.05) is 4.90 Å². The van der Waals surface area contributed by atoms with E-state index in [2.05, 4.69) is 24.5 Å². The van der Waals surface area contributed by atoms with Gasteiger partial charge in [0.15, 0.2) is 0 Å². The molecule has 6 heteroatoms. The standard InChI is InChI=1S/C19H30FN3O2/c1-19(2,11-14-6-5-9-23(13-14)18(25)21-3)22-12-17(24)15-7-4-8-16(20)10-15/h4,7-8,10,14,17,22,24H,5-6,9,11-13H2,1-3H3,(H,21,25)/t14-,17-/m0/s1. The topological polar surface area (TPSA) is 64.6 Å². The molecule has 0 unspecified atom stereocenters. The molecule has 2 amide bonds. The first-order chi connectivity index (χ1) is 11.8. The Morgan fingerprint density at radius 2 is 2.24 bits per heavy atom. The first-order valence-corrected chi connectivity index (χ1v) is 8.96. The molecule has 0 saturated carbocycles. The second-order valence-electron chi connectivity index (χ2n) is 7.55. The second-order valence-corrected chi connectivity index (χ2v) is 7.55. The number of likely N-dealkylation sites (tertiary alicyclic amines) is 1. The van der Waals surface area contributed by atoms with Gasteiger partial charge in [-0.25, -0.2) is 9.18 Å². The third-order valence-corrected chi connectivity index (χ3v) is 4.83. The first kappa shape index (κ1) is 19.7. The molecule has 0 spiro atoms. The van der Waals surface area contributed by atoms with E-state index in [1.165, 1.54) is 12.1 Å². The van der Waals surface area contributed by atoms with Crippen molar-refractivity contribution in [3.63, 3.8) is 0 Å². The average molecular weight is 351 g/mol. The number of piperidine rings is 1. The summed E-state index contributed by atoms with van der Waals surface area (Å²) in [5.74, 6) is 0.0900. The minimum Gasteiger partial charge on any atom is -0.387 e. The number of nitrogens with zero attached hydrogens (tertiary/aromatic N) is 1. The van der Waals surface area contributed by atoms with E-state index in [0.29, 0.717) is 18.0 Å². The molecule has 2 rings (SSSR count). The van der Waals surface area contributed by atoms with Gasteiger partial charge >= 0.3 is 6.03 Å². The molecule has 1 aromatic carbocycles. The van der Waals surface area contributed by atoms with Gasteiger partial charge in [0.25, 0.3) is 0 Å². The van der Waals surface area contributed by atoms with Gasteiger partial charge in [0.2, 0.25) is 0 Å². The SMILES string of the molecule is CNC(=O)N1CCC[C@@H](CC(C)(C)NC[C@H](O)c2cccc(F)c2)C1. The number of nitrogens with one attached hydrogen (secondary N) is 2. The number of carbonyl (C=O) groups excluding carboxylic acids is 1. The number of urea groups is 1. The Kier molecular flexibility index (Phi) is 6.79. The lowest BCUT2D eigenvalue weighted by Crippen LogP contribution is -2.48. The van der Waals surface area contributed by atoms with Crippen LogP contribution in [0.4, 0.5) is 9.18 Å². The molecule has 0 bridgehead atoms. The molecule has 0 radical (unpaired) electrons. The second kappa shape index (κ2) is 8.63. The molecule has 1 aliphatic heterocycles. The number of benzene rings is 1. The van der Waals surface area contributed by atoms with Crippen molar-refractivity contribution >= 4 is 6.03 Å². The number of carbonyl (C=O) groups is 1. The van der Waals surface area contributed by atoms with Crippen molar-refractivity contribution in [2.75, 3.05) is 26.7 Å². The largest absolute Gasteiger partial charge is 0.387 e. The molecule has 1 heterocycles. The van der Waals surface area contributed by atoms with Gasteiger partial charge in [-0.1, -0.05) is 12.1 Å². The molecule has 5 nitrogen and oxygen atoms in total. The maximum absolute atomic E-state index is 13.3. The van der Waals surface area contributed by atoms with Crippen LogP contribution in [0, 0.1) is 11.7 Å². The summed E-state index contributed by atoms with van der Waals surface area (Å²) in [5, 5.41) is 16.3. The van der Waals surface area contributed by atoms with Gasteiger partial charge in [-0.05, 0) is 56.7 Å². The Morgan fingerprint density at radius 3 is 2.92 bits per heavy atom. The van der Waals surface area contributed by atoms with E-state index in [4.69, 9.17) is 0 Å². The first-order valence-electron chi connectivity index (χ1n) is 8.96. The zero-order chi connectivity index (χ0) is 18.4. The summed E-state index contributed by atoms with van der Waals surface area (Å²) < 4.78 is 13.3. The summed E-state index contributed by atoms with van der Waals surface area (Å²) in [7, 11) is 1.66. The van der Waals surface area contributed by atoms with Gasteiger partial charge in [0, 0.05) is 32.2 Å². The van der Waals surface area contributed by atoms with E-state index in [9.17, 15) is 14.3 Å². The van der Waals surface area contributed by atoms with E-state index in [-0.39, 0.29) is 17.4 Å². The maximum atomic E-state index is 13.3. The monoisotopic (exact) mass is 351 g/mol. The Morgan fingerprint density at radius 1 is 1.48 bits per heavy atom. The van der Waals surface area contributed by atoms with Crippen molar-refractivity contribution in [1.82, 2.24) is 15.5 Å². The van der Waals surface area contributed by atoms with Crippen molar-refractivity contribution in [3.05, 3.63) is 35.6 Å². The normalized spacial score (nSPS) is 19.6. The number of aliphatic hydroxyl groups is 1. The van der Waals surface area contributed by atoms with Crippen LogP contribution in [0.2, 0.25) is 0 Å². The van der Waals surface area contributed by atoms with Gasteiger partial charge in [-0.3, -0.25) is 0 Å². The molecule has 1 fully saturated rings. The molecule has 25 heavy (non-hydrogen) atoms. The highest BCUT2D eigenvalue weighted by molar-refractivity contribution is 5.73. The zero-order valence-corrected chi connectivity index (χ0v) is 15.4. The molecular weight excluding hydrogens is 321 g/mol. The molecule has 1 aromatic rings. The molecule has 2 atom stereocenters. The van der Waals surface area contributed by atoms with Crippen LogP contribution in [0.5, 0.6) is 0 Å². The summed E-state index contributed by atoms with van der Waals surface area (Å²) >= 11 is 0. The number of hydrogen-bond donors (Lipinski definition) is 3. The Bertz CT molecular complexity index is 580. The van der Waals surface area contributed by atoms with Crippen LogP contribution in [0.1, 0.15) is 44.8 Å². The van der Waals surface area contributed by atoms with E-state index >= 15 is 0 Å². The van der Waals surface area contributed by atoms with Gasteiger partial charge in [0.05, 0.1) is 6.10 Å². The van der Waals surface area contributed by atoms with Crippen molar-refractivity contribution in [1.29, 1.82) is 0 Å². The Hall–Kier alpha value is -1.66. The van der Waals surface area contributed by atoms with Crippen molar-refractivity contribution < 1.29 is 14.3 Å². The molecule has 0 aromatic heterocycles. The predicted octanol–water partition coefficient (Wildman–Crippen LogP) is 2.67. The van der Waals surface area contributed by atoms with Crippen molar-refractivity contribution in [2.45, 2.75) is 44.8 Å². The fourth-order valence-corrected chi connectivity index (χ4v) is 3.57. The van der Waals surface area contributed by atoms with E-state index in [0.717, 1.165) is 32.4 Å². The summed E-state index contributed by atoms with van der Waals surface area (Å²) in [6, 6.07) is 6.05. The lowest BCUT2D eigenvalue weighted by molar-refractivity contribution is 0.134. The summed E-state index contributed by atoms with van der Waals surface area (Å²) in [4.78, 5) is 13.7. The summed E-state index contributed by atoms with van der Waals surface area (Å²) in [5.41, 5.74) is 0.400. The summed E-state index contributed by atoms with van der Waals surface area (Å²) in [6.45, 7) is 6.14. The number of aliphatic hydroxyl groups excluding tert-OH is 1. The van der Waals surface area contributed by atoms with Crippen LogP contribution in [0.15, 0.2) is 24.3 Å². The quantitative estimate of drug-likeness (QED) is 0.738. The van der Waals surface area contributed by atoms with Gasteiger partial charge in [-0.2, -0.15) is 0 Å². The van der Waals surface area contributed by atoms with Crippen LogP contribution >= 0.6 is 0 Å². The number of hydrogen-bond acceptors (Lipinski definition) is 3. The highest BCUT2D eigenvalue weighted by Crippen LogP contribution is 2.26. The number of rotatable bonds is 6. The van der Waals surface area contributed by atoms with Crippen LogP contribution in [-0.2, 0) is 0 Å². The summed E-state index contributed by atoms with van der Waals surface area (Å²) in [6.07, 6.45) is 2.28. The van der Waals surface area contributed by atoms with Crippen LogP contribution < -0.4 is 10.6 Å². The van der Waals surface area contributed by atoms with Crippen LogP contribution in [0.3, 0.4) is 0 Å². The van der Waals surface area contributed by atoms with Crippen molar-refractivity contribution in [2.24, 2.45) is 5.92 Å². The molecule has 3 N–H and O–H groups in total. The fourth-order valence-electron chi connectivity index (χ4n) is 3.57. The van der Waals surface area contributed by atoms with Gasteiger partial charge in [0.1, 0.15) is 5.82 Å². The third kappa shape index (κ3) is 5.97. The minimum absolute atomic E-state index is 0.0167. The number of halogens is 1. The smallest absolute Gasteiger partial charge is 0.317 e. The molecule has 0 aliphatic carbocycles. The highest BCUT2D eigenvalue weighted by atomic mass is 19.1. The van der Waals surface area contributed by atoms with Gasteiger partial charge in [-0.15, -0.1) is 0 Å². The highest BCUT2D eigenvalue weighted by Gasteiger charge is 2.29. The van der Waals surface area contributed by atoms with Gasteiger partial charge < -0.3 is 20.6 Å². The molecular formula is C19H30FN3O2. The van der Waals surface area contributed by atoms with E-state index in [1.54, 1.807) is 19.2 Å². The fraction of sp³-hybridized carbons (Fsp3) is 0.632. The van der Waals surface area contributed by atoms with Crippen molar-refractivity contribution in [3.8, 4) is 0 Å². The minimum atomic E-state index is -0.747. The third-order valence-electron chi connectivity index (χ3n) is 4.83. The average Bonchev–Trinajstić information content (AvgIpc) is 2.59. The Balaban J connectivity index is 1.85. The Labute approximate surface area is 149 Å². The molecule has 1 saturated heterocycles. The lowest BCUT2D eigenvalue weighted by atomic mass is 9.85. The zero-order valence-electron chi connectivity index (χ0n) is 15.4. The lowest BCUT2D eigenvalue weighted by Gasteiger charge is -2.37. The van der Waals surface area contributed by atoms with E-state index < -0.39 is 6.10 Å². The predicted molar refractivity (Wildman–Crippen MR) is 96.8 cm³/mol. The number of β-amino-alcohol motifs (C(OH)–C–C–N with tert-alkyl or cyclic N) is 1. The van der Waals surface area contributed by atoms with Crippen LogP contribution in [0.25, 0.3) is 0 Å². The number of amides is 2. The molecule has 140 valence electrons. The maximum Gasteiger partial charge on any atom is 0.317 e. The van der Waals surface area contributed by atoms with Crippen LogP contribution in [-0.4, -0.2) is 48.3 Å². The molecule has 1 aliphatic rings.